The van der Waals surface area contributed by atoms with Crippen molar-refractivity contribution >= 4 is 16.8 Å². The van der Waals surface area contributed by atoms with Gasteiger partial charge in [0.15, 0.2) is 0 Å². The molecule has 0 amide bonds. The van der Waals surface area contributed by atoms with Crippen molar-refractivity contribution in [1.29, 1.82) is 0 Å². The van der Waals surface area contributed by atoms with Gasteiger partial charge in [-0.1, -0.05) is 11.6 Å². The van der Waals surface area contributed by atoms with E-state index in [0.717, 1.165) is 19.3 Å². The van der Waals surface area contributed by atoms with Gasteiger partial charge in [0.05, 0.1) is 0 Å². The molecule has 0 N–H and O–H groups in total. The van der Waals surface area contributed by atoms with Gasteiger partial charge in [-0.25, -0.2) is 0 Å². The van der Waals surface area contributed by atoms with Gasteiger partial charge in [-0.15, -0.1) is 0 Å². The van der Waals surface area contributed by atoms with Crippen LogP contribution in [0, 0.1) is 5.92 Å². The number of hydrogen-bond acceptors (Lipinski definition) is 1. The van der Waals surface area contributed by atoms with Crippen LogP contribution in [-0.2, 0) is 4.79 Å². The minimum Gasteiger partial charge on any atom is -0.281 e. The Bertz CT molecular complexity index is 184. The molecule has 0 aromatic rings. The fourth-order valence-corrected chi connectivity index (χ4v) is 1.65. The second-order valence-corrected chi connectivity index (χ2v) is 3.67. The molecule has 1 unspecified atom stereocenters. The molecule has 0 aromatic carbocycles. The van der Waals surface area contributed by atoms with E-state index in [9.17, 15) is 4.79 Å². The van der Waals surface area contributed by atoms with Crippen molar-refractivity contribution in [3.63, 3.8) is 0 Å². The standard InChI is InChI=1S/C9H13ClO/c1-7-2-4-8(5-3-7)6-9(10)11/h2,8H,3-6H2,1H3. The average Bonchev–Trinajstić information content (AvgIpc) is 1.93. The zero-order valence-corrected chi connectivity index (χ0v) is 7.53. The van der Waals surface area contributed by atoms with E-state index < -0.39 is 0 Å². The summed E-state index contributed by atoms with van der Waals surface area (Å²) in [6, 6.07) is 0. The van der Waals surface area contributed by atoms with E-state index >= 15 is 0 Å². The van der Waals surface area contributed by atoms with E-state index in [-0.39, 0.29) is 5.24 Å². The van der Waals surface area contributed by atoms with Gasteiger partial charge in [0.25, 0.3) is 0 Å². The van der Waals surface area contributed by atoms with Crippen LogP contribution in [0.1, 0.15) is 32.6 Å². The first kappa shape index (κ1) is 8.79. The van der Waals surface area contributed by atoms with E-state index in [4.69, 9.17) is 11.6 Å². The predicted molar refractivity (Wildman–Crippen MR) is 46.6 cm³/mol. The van der Waals surface area contributed by atoms with Gasteiger partial charge in [-0.05, 0) is 43.7 Å². The number of halogens is 1. The van der Waals surface area contributed by atoms with Crippen molar-refractivity contribution < 1.29 is 4.79 Å². The molecule has 0 saturated carbocycles. The molecule has 1 rings (SSSR count). The van der Waals surface area contributed by atoms with E-state index in [1.54, 1.807) is 0 Å². The predicted octanol–water partition coefficient (Wildman–Crippen LogP) is 2.89. The summed E-state index contributed by atoms with van der Waals surface area (Å²) in [5.74, 6) is 0.503. The van der Waals surface area contributed by atoms with Crippen LogP contribution in [0.15, 0.2) is 11.6 Å². The summed E-state index contributed by atoms with van der Waals surface area (Å²) >= 11 is 5.29. The molecule has 0 spiro atoms. The third kappa shape index (κ3) is 3.06. The van der Waals surface area contributed by atoms with Gasteiger partial charge in [-0.3, -0.25) is 4.79 Å². The first-order valence-electron chi connectivity index (χ1n) is 4.02. The Kier molecular flexibility index (Phi) is 3.13. The van der Waals surface area contributed by atoms with Crippen LogP contribution >= 0.6 is 11.6 Å². The monoisotopic (exact) mass is 172 g/mol. The third-order valence-electron chi connectivity index (χ3n) is 2.20. The minimum atomic E-state index is -0.192. The van der Waals surface area contributed by atoms with Crippen molar-refractivity contribution in [2.45, 2.75) is 32.6 Å². The summed E-state index contributed by atoms with van der Waals surface area (Å²) in [5.41, 5.74) is 1.45. The van der Waals surface area contributed by atoms with E-state index in [1.165, 1.54) is 5.57 Å². The molecule has 1 aliphatic rings. The maximum atomic E-state index is 10.5. The fraction of sp³-hybridized carbons (Fsp3) is 0.667. The van der Waals surface area contributed by atoms with Crippen LogP contribution in [0.3, 0.4) is 0 Å². The molecular formula is C9H13ClO. The van der Waals surface area contributed by atoms with Gasteiger partial charge in [0.1, 0.15) is 0 Å². The summed E-state index contributed by atoms with van der Waals surface area (Å²) in [6.45, 7) is 2.14. The van der Waals surface area contributed by atoms with Crippen molar-refractivity contribution in [1.82, 2.24) is 0 Å². The summed E-state index contributed by atoms with van der Waals surface area (Å²) in [6.07, 6.45) is 6.05. The van der Waals surface area contributed by atoms with Crippen LogP contribution in [0.5, 0.6) is 0 Å². The highest BCUT2D eigenvalue weighted by atomic mass is 35.5. The third-order valence-corrected chi connectivity index (χ3v) is 2.35. The van der Waals surface area contributed by atoms with Gasteiger partial charge in [-0.2, -0.15) is 0 Å². The first-order valence-corrected chi connectivity index (χ1v) is 4.40. The minimum absolute atomic E-state index is 0.192. The Morgan fingerprint density at radius 3 is 3.00 bits per heavy atom. The number of carbonyl (C=O) groups excluding carboxylic acids is 1. The van der Waals surface area contributed by atoms with Crippen LogP contribution in [0.25, 0.3) is 0 Å². The molecule has 1 atom stereocenters. The lowest BCUT2D eigenvalue weighted by atomic mass is 9.88. The molecule has 0 bridgehead atoms. The lowest BCUT2D eigenvalue weighted by Gasteiger charge is -2.18. The molecule has 2 heteroatoms. The number of carbonyl (C=O) groups is 1. The van der Waals surface area contributed by atoms with Crippen LogP contribution in [0.2, 0.25) is 0 Å². The Balaban J connectivity index is 2.35. The Hall–Kier alpha value is -0.300. The molecule has 0 aromatic heterocycles. The smallest absolute Gasteiger partial charge is 0.221 e. The summed E-state index contributed by atoms with van der Waals surface area (Å²) in [5, 5.41) is -0.192. The van der Waals surface area contributed by atoms with E-state index in [0.29, 0.717) is 12.3 Å². The number of rotatable bonds is 2. The molecule has 1 nitrogen and oxygen atoms in total. The summed E-state index contributed by atoms with van der Waals surface area (Å²) in [7, 11) is 0. The molecular weight excluding hydrogens is 160 g/mol. The molecule has 0 radical (unpaired) electrons. The fourth-order valence-electron chi connectivity index (χ4n) is 1.43. The van der Waals surface area contributed by atoms with Crippen molar-refractivity contribution in [3.8, 4) is 0 Å². The topological polar surface area (TPSA) is 17.1 Å². The van der Waals surface area contributed by atoms with Crippen molar-refractivity contribution in [3.05, 3.63) is 11.6 Å². The molecule has 1 aliphatic carbocycles. The SMILES string of the molecule is CC1=CCC(CC(=O)Cl)CC1. The first-order chi connectivity index (χ1) is 5.18. The van der Waals surface area contributed by atoms with Gasteiger partial charge in [0, 0.05) is 6.42 Å². The van der Waals surface area contributed by atoms with Gasteiger partial charge in [0.2, 0.25) is 5.24 Å². The molecule has 0 saturated heterocycles. The Morgan fingerprint density at radius 1 is 1.82 bits per heavy atom. The normalized spacial score (nSPS) is 24.5. The molecule has 0 aliphatic heterocycles. The van der Waals surface area contributed by atoms with Crippen LogP contribution in [-0.4, -0.2) is 5.24 Å². The molecule has 11 heavy (non-hydrogen) atoms. The van der Waals surface area contributed by atoms with Gasteiger partial charge >= 0.3 is 0 Å². The second-order valence-electron chi connectivity index (χ2n) is 3.25. The molecule has 0 heterocycles. The lowest BCUT2D eigenvalue weighted by molar-refractivity contribution is -0.112. The lowest BCUT2D eigenvalue weighted by Crippen LogP contribution is -2.07. The second kappa shape index (κ2) is 3.91. The van der Waals surface area contributed by atoms with Crippen molar-refractivity contribution in [2.75, 3.05) is 0 Å². The zero-order valence-electron chi connectivity index (χ0n) is 6.77. The van der Waals surface area contributed by atoms with Gasteiger partial charge < -0.3 is 0 Å². The van der Waals surface area contributed by atoms with E-state index in [2.05, 4.69) is 13.0 Å². The quantitative estimate of drug-likeness (QED) is 0.463. The number of hydrogen-bond donors (Lipinski definition) is 0. The highest BCUT2D eigenvalue weighted by Gasteiger charge is 2.14. The van der Waals surface area contributed by atoms with Crippen molar-refractivity contribution in [2.24, 2.45) is 5.92 Å². The number of allylic oxidation sites excluding steroid dienone is 2. The molecule has 62 valence electrons. The highest BCUT2D eigenvalue weighted by molar-refractivity contribution is 6.63. The Labute approximate surface area is 72.4 Å². The van der Waals surface area contributed by atoms with E-state index in [1.807, 2.05) is 0 Å². The Morgan fingerprint density at radius 2 is 2.55 bits per heavy atom. The highest BCUT2D eigenvalue weighted by Crippen LogP contribution is 2.25. The average molecular weight is 173 g/mol. The summed E-state index contributed by atoms with van der Waals surface area (Å²) in [4.78, 5) is 10.5. The maximum Gasteiger partial charge on any atom is 0.221 e. The molecule has 0 fully saturated rings. The van der Waals surface area contributed by atoms with Crippen LogP contribution < -0.4 is 0 Å². The van der Waals surface area contributed by atoms with Crippen LogP contribution in [0.4, 0.5) is 0 Å². The maximum absolute atomic E-state index is 10.5. The largest absolute Gasteiger partial charge is 0.281 e. The summed E-state index contributed by atoms with van der Waals surface area (Å²) < 4.78 is 0. The zero-order chi connectivity index (χ0) is 8.27.